The highest BCUT2D eigenvalue weighted by Crippen LogP contribution is 2.18. The second-order valence-electron chi connectivity index (χ2n) is 5.90. The molecule has 1 fully saturated rings. The number of halogens is 1. The lowest BCUT2D eigenvalue weighted by atomic mass is 10.3. The first-order valence-electron chi connectivity index (χ1n) is 8.04. The van der Waals surface area contributed by atoms with Gasteiger partial charge < -0.3 is 14.6 Å². The van der Waals surface area contributed by atoms with E-state index >= 15 is 0 Å². The Bertz CT molecular complexity index is 624. The van der Waals surface area contributed by atoms with Crippen molar-refractivity contribution in [2.45, 2.75) is 18.6 Å². The maximum Gasteiger partial charge on any atom is 0.138 e. The molecule has 0 amide bonds. The van der Waals surface area contributed by atoms with Gasteiger partial charge in [-0.3, -0.25) is 9.88 Å². The zero-order valence-electron chi connectivity index (χ0n) is 13.3. The van der Waals surface area contributed by atoms with Crippen molar-refractivity contribution in [2.24, 2.45) is 0 Å². The number of rotatable bonds is 7. The van der Waals surface area contributed by atoms with E-state index in [2.05, 4.69) is 9.88 Å². The number of hydrogen-bond acceptors (Lipinski definition) is 5. The van der Waals surface area contributed by atoms with E-state index in [9.17, 15) is 5.11 Å². The number of benzene rings is 1. The maximum atomic E-state index is 10.2. The quantitative estimate of drug-likeness (QED) is 0.833. The average Bonchev–Trinajstić information content (AvgIpc) is 3.02. The van der Waals surface area contributed by atoms with Crippen molar-refractivity contribution in [3.63, 3.8) is 0 Å². The van der Waals surface area contributed by atoms with Crippen LogP contribution < -0.4 is 9.47 Å². The molecule has 0 spiro atoms. The highest BCUT2D eigenvalue weighted by Gasteiger charge is 2.25. The van der Waals surface area contributed by atoms with Crippen LogP contribution in [0.2, 0.25) is 5.02 Å². The molecule has 2 heterocycles. The molecule has 3 rings (SSSR count). The Hall–Kier alpha value is -1.82. The van der Waals surface area contributed by atoms with Crippen LogP contribution in [-0.2, 0) is 0 Å². The number of likely N-dealkylation sites (tertiary alicyclic amines) is 1. The minimum atomic E-state index is -0.544. The molecule has 5 nitrogen and oxygen atoms in total. The molecule has 0 saturated carbocycles. The van der Waals surface area contributed by atoms with Gasteiger partial charge in [-0.15, -0.1) is 0 Å². The minimum Gasteiger partial charge on any atom is -0.491 e. The summed E-state index contributed by atoms with van der Waals surface area (Å²) >= 11 is 5.83. The molecule has 1 saturated heterocycles. The summed E-state index contributed by atoms with van der Waals surface area (Å²) in [5, 5.41) is 10.8. The molecule has 128 valence electrons. The van der Waals surface area contributed by atoms with Gasteiger partial charge in [0.05, 0.1) is 6.20 Å². The number of nitrogens with zero attached hydrogens (tertiary/aromatic N) is 2. The van der Waals surface area contributed by atoms with Crippen molar-refractivity contribution < 1.29 is 14.6 Å². The molecule has 2 unspecified atom stereocenters. The first-order valence-corrected chi connectivity index (χ1v) is 8.42. The fourth-order valence-corrected chi connectivity index (χ4v) is 2.87. The largest absolute Gasteiger partial charge is 0.491 e. The molecule has 1 aliphatic heterocycles. The summed E-state index contributed by atoms with van der Waals surface area (Å²) in [5.41, 5.74) is 0. The molecule has 0 bridgehead atoms. The molecule has 0 radical (unpaired) electrons. The third-order valence-corrected chi connectivity index (χ3v) is 4.14. The van der Waals surface area contributed by atoms with E-state index in [4.69, 9.17) is 21.1 Å². The molecule has 0 aliphatic carbocycles. The predicted molar refractivity (Wildman–Crippen MR) is 92.7 cm³/mol. The zero-order chi connectivity index (χ0) is 16.8. The van der Waals surface area contributed by atoms with Gasteiger partial charge in [0, 0.05) is 30.9 Å². The standard InChI is InChI=1S/C18H21ClN2O3/c19-14-3-5-16(6-4-14)23-13-15(22)11-21-9-7-18(12-21)24-17-2-1-8-20-10-17/h1-6,8,10,15,18,22H,7,9,11-13H2. The third-order valence-electron chi connectivity index (χ3n) is 3.89. The van der Waals surface area contributed by atoms with Crippen LogP contribution in [0.25, 0.3) is 0 Å². The second kappa shape index (κ2) is 8.33. The Morgan fingerprint density at radius 2 is 2.08 bits per heavy atom. The van der Waals surface area contributed by atoms with Crippen molar-refractivity contribution in [3.05, 3.63) is 53.8 Å². The lowest BCUT2D eigenvalue weighted by molar-refractivity contribution is 0.0720. The van der Waals surface area contributed by atoms with Crippen molar-refractivity contribution in [2.75, 3.05) is 26.2 Å². The van der Waals surface area contributed by atoms with Crippen LogP contribution in [0.4, 0.5) is 0 Å². The zero-order valence-corrected chi connectivity index (χ0v) is 14.1. The van der Waals surface area contributed by atoms with E-state index in [1.54, 1.807) is 36.7 Å². The van der Waals surface area contributed by atoms with Gasteiger partial charge in [0.15, 0.2) is 0 Å². The van der Waals surface area contributed by atoms with Crippen molar-refractivity contribution in [3.8, 4) is 11.5 Å². The van der Waals surface area contributed by atoms with Gasteiger partial charge in [0.25, 0.3) is 0 Å². The van der Waals surface area contributed by atoms with Gasteiger partial charge >= 0.3 is 0 Å². The number of pyridine rings is 1. The first-order chi connectivity index (χ1) is 11.7. The average molecular weight is 349 g/mol. The lowest BCUT2D eigenvalue weighted by Gasteiger charge is -2.20. The van der Waals surface area contributed by atoms with E-state index in [0.29, 0.717) is 17.3 Å². The van der Waals surface area contributed by atoms with Crippen molar-refractivity contribution in [1.29, 1.82) is 0 Å². The molecule has 1 N–H and O–H groups in total. The van der Waals surface area contributed by atoms with Crippen molar-refractivity contribution in [1.82, 2.24) is 9.88 Å². The van der Waals surface area contributed by atoms with Crippen LogP contribution in [0.3, 0.4) is 0 Å². The third kappa shape index (κ3) is 5.09. The Kier molecular flexibility index (Phi) is 5.91. The van der Waals surface area contributed by atoms with Gasteiger partial charge in [-0.1, -0.05) is 11.6 Å². The first kappa shape index (κ1) is 17.0. The summed E-state index contributed by atoms with van der Waals surface area (Å²) < 4.78 is 11.5. The van der Waals surface area contributed by atoms with E-state index in [0.717, 1.165) is 25.3 Å². The highest BCUT2D eigenvalue weighted by molar-refractivity contribution is 6.30. The van der Waals surface area contributed by atoms with Crippen LogP contribution in [0, 0.1) is 0 Å². The molecular formula is C18H21ClN2O3. The number of aromatic nitrogens is 1. The molecule has 1 aliphatic rings. The van der Waals surface area contributed by atoms with Gasteiger partial charge in [0.2, 0.25) is 0 Å². The summed E-state index contributed by atoms with van der Waals surface area (Å²) in [6.07, 6.45) is 3.98. The number of β-amino-alcohol motifs (C(OH)–C–C–N with tert-alkyl or cyclic N) is 1. The molecule has 6 heteroatoms. The fourth-order valence-electron chi connectivity index (χ4n) is 2.74. The number of hydrogen-bond donors (Lipinski definition) is 1. The Morgan fingerprint density at radius 1 is 1.25 bits per heavy atom. The van der Waals surface area contributed by atoms with Crippen LogP contribution in [-0.4, -0.2) is 53.4 Å². The Balaban J connectivity index is 1.39. The van der Waals surface area contributed by atoms with Crippen LogP contribution in [0.1, 0.15) is 6.42 Å². The van der Waals surface area contributed by atoms with E-state index in [1.165, 1.54) is 0 Å². The maximum absolute atomic E-state index is 10.2. The molecule has 1 aromatic carbocycles. The molecule has 24 heavy (non-hydrogen) atoms. The van der Waals surface area contributed by atoms with Crippen LogP contribution in [0.15, 0.2) is 48.8 Å². The summed E-state index contributed by atoms with van der Waals surface area (Å²) in [7, 11) is 0. The number of aliphatic hydroxyl groups is 1. The summed E-state index contributed by atoms with van der Waals surface area (Å²) in [5.74, 6) is 1.49. The SMILES string of the molecule is OC(COc1ccc(Cl)cc1)CN1CCC(Oc2cccnc2)C1. The highest BCUT2D eigenvalue weighted by atomic mass is 35.5. The topological polar surface area (TPSA) is 54.8 Å². The minimum absolute atomic E-state index is 0.138. The number of aliphatic hydroxyl groups excluding tert-OH is 1. The molecule has 2 aromatic rings. The lowest BCUT2D eigenvalue weighted by Crippen LogP contribution is -2.35. The predicted octanol–water partition coefficient (Wildman–Crippen LogP) is 2.63. The van der Waals surface area contributed by atoms with E-state index in [-0.39, 0.29) is 12.7 Å². The van der Waals surface area contributed by atoms with Crippen LogP contribution in [0.5, 0.6) is 11.5 Å². The monoisotopic (exact) mass is 348 g/mol. The van der Waals surface area contributed by atoms with E-state index < -0.39 is 6.10 Å². The summed E-state index contributed by atoms with van der Waals surface area (Å²) in [6, 6.07) is 10.9. The smallest absolute Gasteiger partial charge is 0.138 e. The second-order valence-corrected chi connectivity index (χ2v) is 6.33. The van der Waals surface area contributed by atoms with Gasteiger partial charge in [-0.05, 0) is 42.8 Å². The van der Waals surface area contributed by atoms with Crippen LogP contribution >= 0.6 is 11.6 Å². The number of ether oxygens (including phenoxy) is 2. The normalized spacial score (nSPS) is 19.2. The molecule has 1 aromatic heterocycles. The van der Waals surface area contributed by atoms with Gasteiger partial charge in [0.1, 0.15) is 30.3 Å². The molecular weight excluding hydrogens is 328 g/mol. The summed E-state index contributed by atoms with van der Waals surface area (Å²) in [4.78, 5) is 6.24. The Morgan fingerprint density at radius 3 is 2.83 bits per heavy atom. The van der Waals surface area contributed by atoms with Gasteiger partial charge in [-0.25, -0.2) is 0 Å². The fraction of sp³-hybridized carbons (Fsp3) is 0.389. The van der Waals surface area contributed by atoms with Gasteiger partial charge in [-0.2, -0.15) is 0 Å². The summed E-state index contributed by atoms with van der Waals surface area (Å²) in [6.45, 7) is 2.53. The molecule has 2 atom stereocenters. The van der Waals surface area contributed by atoms with Crippen molar-refractivity contribution >= 4 is 11.6 Å². The Labute approximate surface area is 146 Å². The van der Waals surface area contributed by atoms with E-state index in [1.807, 2.05) is 12.1 Å².